The van der Waals surface area contributed by atoms with Gasteiger partial charge in [-0.1, -0.05) is 17.3 Å². The number of carbonyl (C=O) groups is 1. The summed E-state index contributed by atoms with van der Waals surface area (Å²) in [7, 11) is 0. The van der Waals surface area contributed by atoms with Crippen LogP contribution in [-0.2, 0) is 21.7 Å². The largest absolute Gasteiger partial charge is 0.481 e. The first kappa shape index (κ1) is 25.4. The van der Waals surface area contributed by atoms with E-state index in [0.29, 0.717) is 53.8 Å². The molecule has 6 rings (SSSR count). The van der Waals surface area contributed by atoms with Crippen molar-refractivity contribution in [2.75, 3.05) is 0 Å². The van der Waals surface area contributed by atoms with Gasteiger partial charge in [-0.15, -0.1) is 0 Å². The van der Waals surface area contributed by atoms with Crippen LogP contribution in [0.15, 0.2) is 82.9 Å². The lowest BCUT2D eigenvalue weighted by Gasteiger charge is -2.18. The van der Waals surface area contributed by atoms with E-state index in [1.54, 1.807) is 10.6 Å². The van der Waals surface area contributed by atoms with Gasteiger partial charge in [0.25, 0.3) is 5.56 Å². The molecule has 3 aromatic heterocycles. The molecule has 9 nitrogen and oxygen atoms in total. The number of hydrogen-bond acceptors (Lipinski definition) is 6. The molecule has 1 aliphatic rings. The topological polar surface area (TPSA) is 111 Å². The Morgan fingerprint density at radius 3 is 2.70 bits per heavy atom. The Kier molecular flexibility index (Phi) is 6.37. The molecule has 0 spiro atoms. The highest BCUT2D eigenvalue weighted by atomic mass is 19.1. The maximum atomic E-state index is 13.7. The number of pyridine rings is 1. The van der Waals surface area contributed by atoms with Crippen molar-refractivity contribution >= 4 is 28.1 Å². The molecule has 0 radical (unpaired) electrons. The normalized spacial score (nSPS) is 16.8. The summed E-state index contributed by atoms with van der Waals surface area (Å²) in [4.78, 5) is 35.3. The Labute approximate surface area is 228 Å². The van der Waals surface area contributed by atoms with Gasteiger partial charge in [0.15, 0.2) is 5.60 Å². The number of unbranched alkanes of at least 4 members (excludes halogenated alkanes) is 1. The summed E-state index contributed by atoms with van der Waals surface area (Å²) in [5.74, 6) is -0.804. The molecule has 0 fully saturated rings. The van der Waals surface area contributed by atoms with Crippen molar-refractivity contribution < 1.29 is 19.1 Å². The monoisotopic (exact) mass is 539 g/mol. The highest BCUT2D eigenvalue weighted by molar-refractivity contribution is 6.04. The summed E-state index contributed by atoms with van der Waals surface area (Å²) in [6.45, 7) is 1.95. The molecular formula is C30H26FN5O4. The summed E-state index contributed by atoms with van der Waals surface area (Å²) >= 11 is 0. The molecule has 0 aliphatic carbocycles. The highest BCUT2D eigenvalue weighted by Gasteiger charge is 2.39. The number of aromatic nitrogens is 4. The number of benzene rings is 2. The van der Waals surface area contributed by atoms with Crippen LogP contribution in [0, 0.1) is 5.82 Å². The standard InChI is InChI=1S/C30H26FN5O4/c1-30(26-17-22-6-4-5-15-35(22)33-26)18-25(34-40-30)19-9-14-23-24(16-19)32-27(7-2-3-8-28(37)38)36(29(23)39)21-12-10-20(31)11-13-21/h4-6,9-17H,2-3,7-8,18H2,1H3,(H,37,38). The van der Waals surface area contributed by atoms with Crippen LogP contribution in [0.1, 0.15) is 49.7 Å². The van der Waals surface area contributed by atoms with Gasteiger partial charge in [0, 0.05) is 31.0 Å². The van der Waals surface area contributed by atoms with Gasteiger partial charge in [-0.3, -0.25) is 14.2 Å². The number of hydrogen-bond donors (Lipinski definition) is 1. The fourth-order valence-electron chi connectivity index (χ4n) is 5.02. The SMILES string of the molecule is CC1(c2cc3ccccn3n2)CC(c2ccc3c(=O)n(-c4ccc(F)cc4)c(CCCCC(=O)O)nc3c2)=NO1. The summed E-state index contributed by atoms with van der Waals surface area (Å²) in [6.07, 6.45) is 3.76. The molecule has 2 aromatic carbocycles. The van der Waals surface area contributed by atoms with Gasteiger partial charge in [0.2, 0.25) is 0 Å². The minimum Gasteiger partial charge on any atom is -0.481 e. The molecule has 1 atom stereocenters. The quantitative estimate of drug-likeness (QED) is 0.278. The first-order valence-corrected chi connectivity index (χ1v) is 13.0. The molecule has 4 heterocycles. The number of carboxylic acid groups (broad SMARTS) is 1. The van der Waals surface area contributed by atoms with Crippen molar-refractivity contribution in [3.63, 3.8) is 0 Å². The second-order valence-corrected chi connectivity index (χ2v) is 10.1. The Hall–Kier alpha value is -4.86. The molecule has 10 heteroatoms. The van der Waals surface area contributed by atoms with Crippen molar-refractivity contribution in [2.24, 2.45) is 5.16 Å². The molecule has 0 bridgehead atoms. The van der Waals surface area contributed by atoms with E-state index in [4.69, 9.17) is 14.9 Å². The molecule has 1 unspecified atom stereocenters. The third-order valence-corrected chi connectivity index (χ3v) is 7.17. The third-order valence-electron chi connectivity index (χ3n) is 7.17. The second-order valence-electron chi connectivity index (χ2n) is 10.1. The Bertz CT molecular complexity index is 1810. The lowest BCUT2D eigenvalue weighted by atomic mass is 9.92. The zero-order valence-corrected chi connectivity index (χ0v) is 21.7. The number of halogens is 1. The van der Waals surface area contributed by atoms with Crippen LogP contribution in [0.25, 0.3) is 22.1 Å². The predicted octanol–water partition coefficient (Wildman–Crippen LogP) is 5.01. The first-order valence-electron chi connectivity index (χ1n) is 13.0. The van der Waals surface area contributed by atoms with E-state index in [-0.39, 0.29) is 12.0 Å². The molecule has 1 N–H and O–H groups in total. The van der Waals surface area contributed by atoms with Crippen molar-refractivity contribution in [3.05, 3.63) is 106 Å². The third kappa shape index (κ3) is 4.72. The highest BCUT2D eigenvalue weighted by Crippen LogP contribution is 2.36. The summed E-state index contributed by atoms with van der Waals surface area (Å²) in [5, 5.41) is 18.4. The Morgan fingerprint density at radius 2 is 1.93 bits per heavy atom. The predicted molar refractivity (Wildman–Crippen MR) is 147 cm³/mol. The Morgan fingerprint density at radius 1 is 1.10 bits per heavy atom. The molecule has 0 saturated heterocycles. The zero-order valence-electron chi connectivity index (χ0n) is 21.7. The second kappa shape index (κ2) is 10.0. The first-order chi connectivity index (χ1) is 19.3. The average Bonchev–Trinajstić information content (AvgIpc) is 3.57. The number of aryl methyl sites for hydroxylation is 1. The van der Waals surface area contributed by atoms with Gasteiger partial charge in [-0.25, -0.2) is 13.9 Å². The lowest BCUT2D eigenvalue weighted by Crippen LogP contribution is -2.24. The van der Waals surface area contributed by atoms with E-state index in [9.17, 15) is 14.0 Å². The van der Waals surface area contributed by atoms with E-state index < -0.39 is 17.4 Å². The molecular weight excluding hydrogens is 513 g/mol. The number of nitrogens with zero attached hydrogens (tertiary/aromatic N) is 5. The fourth-order valence-corrected chi connectivity index (χ4v) is 5.02. The smallest absolute Gasteiger partial charge is 0.303 e. The molecule has 1 aliphatic heterocycles. The summed E-state index contributed by atoms with van der Waals surface area (Å²) in [6, 6.07) is 18.8. The average molecular weight is 540 g/mol. The van der Waals surface area contributed by atoms with Crippen LogP contribution in [0.3, 0.4) is 0 Å². The van der Waals surface area contributed by atoms with Gasteiger partial charge < -0.3 is 9.94 Å². The van der Waals surface area contributed by atoms with Gasteiger partial charge in [0.05, 0.1) is 27.8 Å². The van der Waals surface area contributed by atoms with Crippen molar-refractivity contribution in [2.45, 2.75) is 44.6 Å². The van der Waals surface area contributed by atoms with Gasteiger partial charge >= 0.3 is 5.97 Å². The lowest BCUT2D eigenvalue weighted by molar-refractivity contribution is -0.137. The van der Waals surface area contributed by atoms with Gasteiger partial charge in [-0.2, -0.15) is 5.10 Å². The minimum absolute atomic E-state index is 0.0312. The molecule has 5 aromatic rings. The van der Waals surface area contributed by atoms with Gasteiger partial charge in [-0.05, 0) is 74.4 Å². The van der Waals surface area contributed by atoms with E-state index in [0.717, 1.165) is 16.8 Å². The van der Waals surface area contributed by atoms with Crippen LogP contribution in [0.2, 0.25) is 0 Å². The maximum absolute atomic E-state index is 13.7. The number of rotatable bonds is 8. The summed E-state index contributed by atoms with van der Waals surface area (Å²) < 4.78 is 16.9. The fraction of sp³-hybridized carbons (Fsp3) is 0.233. The van der Waals surface area contributed by atoms with Crippen molar-refractivity contribution in [1.82, 2.24) is 19.2 Å². The van der Waals surface area contributed by atoms with E-state index in [1.165, 1.54) is 28.8 Å². The van der Waals surface area contributed by atoms with Crippen molar-refractivity contribution in [1.29, 1.82) is 0 Å². The Balaban J connectivity index is 1.34. The van der Waals surface area contributed by atoms with Gasteiger partial charge in [0.1, 0.15) is 17.3 Å². The van der Waals surface area contributed by atoms with E-state index >= 15 is 0 Å². The van der Waals surface area contributed by atoms with Crippen LogP contribution >= 0.6 is 0 Å². The van der Waals surface area contributed by atoms with Crippen LogP contribution in [-0.4, -0.2) is 36.0 Å². The molecule has 0 amide bonds. The minimum atomic E-state index is -0.873. The number of fused-ring (bicyclic) bond motifs is 2. The van der Waals surface area contributed by atoms with Crippen LogP contribution in [0.4, 0.5) is 4.39 Å². The van der Waals surface area contributed by atoms with Crippen LogP contribution < -0.4 is 5.56 Å². The van der Waals surface area contributed by atoms with Crippen molar-refractivity contribution in [3.8, 4) is 5.69 Å². The number of oxime groups is 1. The maximum Gasteiger partial charge on any atom is 0.303 e. The van der Waals surface area contributed by atoms with E-state index in [1.807, 2.05) is 49.5 Å². The number of aliphatic carboxylic acids is 1. The number of carboxylic acids is 1. The zero-order chi connectivity index (χ0) is 27.9. The molecule has 0 saturated carbocycles. The van der Waals surface area contributed by atoms with E-state index in [2.05, 4.69) is 10.3 Å². The summed E-state index contributed by atoms with van der Waals surface area (Å²) in [5.41, 5.74) is 3.19. The molecule has 202 valence electrons. The van der Waals surface area contributed by atoms with Crippen LogP contribution in [0.5, 0.6) is 0 Å². The molecule has 40 heavy (non-hydrogen) atoms.